The quantitative estimate of drug-likeness (QED) is 0.910. The molecular weight excluding hydrogens is 300 g/mol. The van der Waals surface area contributed by atoms with E-state index >= 15 is 0 Å². The van der Waals surface area contributed by atoms with E-state index in [4.69, 9.17) is 9.47 Å². The summed E-state index contributed by atoms with van der Waals surface area (Å²) in [5.74, 6) is 0.395. The third kappa shape index (κ3) is 3.31. The Balaban J connectivity index is 1.72. The van der Waals surface area contributed by atoms with E-state index in [0.717, 1.165) is 41.4 Å². The van der Waals surface area contributed by atoms with Crippen molar-refractivity contribution >= 4 is 17.3 Å². The number of benzene rings is 1. The fraction of sp³-hybridized carbons (Fsp3) is 0.353. The molecule has 0 amide bonds. The van der Waals surface area contributed by atoms with E-state index in [1.807, 2.05) is 37.3 Å². The molecule has 0 bridgehead atoms. The zero-order valence-electron chi connectivity index (χ0n) is 12.4. The summed E-state index contributed by atoms with van der Waals surface area (Å²) in [6.07, 6.45) is 1.05. The highest BCUT2D eigenvalue weighted by Gasteiger charge is 2.17. The molecule has 0 spiro atoms. The summed E-state index contributed by atoms with van der Waals surface area (Å²) < 4.78 is 11.1. The number of hydrogen-bond acceptors (Lipinski definition) is 4. The van der Waals surface area contributed by atoms with Gasteiger partial charge in [0.05, 0.1) is 13.2 Å². The first-order valence-electron chi connectivity index (χ1n) is 7.28. The van der Waals surface area contributed by atoms with Gasteiger partial charge in [0.2, 0.25) is 0 Å². The van der Waals surface area contributed by atoms with Crippen molar-refractivity contribution in [1.82, 2.24) is 0 Å². The van der Waals surface area contributed by atoms with Crippen molar-refractivity contribution in [2.45, 2.75) is 13.3 Å². The fourth-order valence-corrected chi connectivity index (χ4v) is 3.42. The van der Waals surface area contributed by atoms with E-state index in [-0.39, 0.29) is 0 Å². The molecule has 1 aromatic carbocycles. The van der Waals surface area contributed by atoms with E-state index in [0.29, 0.717) is 17.4 Å². The molecule has 2 aromatic rings. The largest absolute Gasteiger partial charge is 0.493 e. The third-order valence-electron chi connectivity index (χ3n) is 3.72. The van der Waals surface area contributed by atoms with Crippen LogP contribution in [0.15, 0.2) is 30.3 Å². The summed E-state index contributed by atoms with van der Waals surface area (Å²) in [6.45, 7) is 4.18. The lowest BCUT2D eigenvalue weighted by Crippen LogP contribution is -2.11. The molecule has 1 aliphatic rings. The van der Waals surface area contributed by atoms with E-state index in [2.05, 4.69) is 0 Å². The SMILES string of the molecule is Cc1cc(-c2ccc(OCC3CCOC3)cc2)c(C(=O)O)s1. The van der Waals surface area contributed by atoms with Gasteiger partial charge in [0.15, 0.2) is 0 Å². The summed E-state index contributed by atoms with van der Waals surface area (Å²) >= 11 is 1.30. The monoisotopic (exact) mass is 318 g/mol. The summed E-state index contributed by atoms with van der Waals surface area (Å²) in [5.41, 5.74) is 1.67. The van der Waals surface area contributed by atoms with Gasteiger partial charge in [-0.3, -0.25) is 0 Å². The zero-order chi connectivity index (χ0) is 15.5. The number of hydrogen-bond donors (Lipinski definition) is 1. The molecule has 4 nitrogen and oxygen atoms in total. The van der Waals surface area contributed by atoms with Crippen molar-refractivity contribution in [3.63, 3.8) is 0 Å². The Labute approximate surface area is 133 Å². The number of ether oxygens (including phenoxy) is 2. The first-order chi connectivity index (χ1) is 10.6. The minimum absolute atomic E-state index is 0.384. The van der Waals surface area contributed by atoms with E-state index in [9.17, 15) is 9.90 Å². The lowest BCUT2D eigenvalue weighted by molar-refractivity contribution is 0.0703. The highest BCUT2D eigenvalue weighted by Crippen LogP contribution is 2.32. The Bertz CT molecular complexity index is 654. The molecule has 0 radical (unpaired) electrons. The molecule has 22 heavy (non-hydrogen) atoms. The molecule has 0 saturated carbocycles. The molecule has 1 atom stereocenters. The van der Waals surface area contributed by atoms with Gasteiger partial charge in [-0.1, -0.05) is 12.1 Å². The van der Waals surface area contributed by atoms with Crippen LogP contribution in [0.3, 0.4) is 0 Å². The summed E-state index contributed by atoms with van der Waals surface area (Å²) in [4.78, 5) is 12.7. The van der Waals surface area contributed by atoms with Crippen LogP contribution in [0, 0.1) is 12.8 Å². The number of carbonyl (C=O) groups is 1. The first kappa shape index (κ1) is 15.1. The second kappa shape index (κ2) is 6.50. The van der Waals surface area contributed by atoms with E-state index in [1.165, 1.54) is 11.3 Å². The van der Waals surface area contributed by atoms with E-state index < -0.39 is 5.97 Å². The number of aryl methyl sites for hydroxylation is 1. The Kier molecular flexibility index (Phi) is 4.45. The minimum Gasteiger partial charge on any atom is -0.493 e. The van der Waals surface area contributed by atoms with Crippen LogP contribution >= 0.6 is 11.3 Å². The van der Waals surface area contributed by atoms with Gasteiger partial charge in [-0.05, 0) is 37.1 Å². The van der Waals surface area contributed by atoms with Gasteiger partial charge in [-0.25, -0.2) is 4.79 Å². The fourth-order valence-electron chi connectivity index (χ4n) is 2.55. The maximum absolute atomic E-state index is 11.3. The number of aromatic carboxylic acids is 1. The second-order valence-corrected chi connectivity index (χ2v) is 6.73. The average Bonchev–Trinajstić information content (AvgIpc) is 3.15. The van der Waals surface area contributed by atoms with Gasteiger partial charge in [0.1, 0.15) is 10.6 Å². The standard InChI is InChI=1S/C17H18O4S/c1-11-8-15(16(22-11)17(18)19)13-2-4-14(5-3-13)21-10-12-6-7-20-9-12/h2-5,8,12H,6-7,9-10H2,1H3,(H,18,19). The summed E-state index contributed by atoms with van der Waals surface area (Å²) in [6, 6.07) is 9.52. The zero-order valence-corrected chi connectivity index (χ0v) is 13.2. The highest BCUT2D eigenvalue weighted by molar-refractivity contribution is 7.14. The first-order valence-corrected chi connectivity index (χ1v) is 8.10. The van der Waals surface area contributed by atoms with Crippen LogP contribution in [0.4, 0.5) is 0 Å². The molecule has 1 aromatic heterocycles. The topological polar surface area (TPSA) is 55.8 Å². The Morgan fingerprint density at radius 1 is 1.41 bits per heavy atom. The summed E-state index contributed by atoms with van der Waals surface area (Å²) in [5, 5.41) is 9.27. The molecule has 2 heterocycles. The Hall–Kier alpha value is -1.85. The van der Waals surface area contributed by atoms with E-state index in [1.54, 1.807) is 0 Å². The number of thiophene rings is 1. The molecule has 1 fully saturated rings. The third-order valence-corrected chi connectivity index (χ3v) is 4.76. The van der Waals surface area contributed by atoms with Crippen molar-refractivity contribution in [2.75, 3.05) is 19.8 Å². The molecular formula is C17H18O4S. The molecule has 5 heteroatoms. The number of rotatable bonds is 5. The molecule has 116 valence electrons. The minimum atomic E-state index is -0.880. The van der Waals surface area contributed by atoms with Crippen LogP contribution in [-0.2, 0) is 4.74 Å². The normalized spacial score (nSPS) is 17.6. The maximum atomic E-state index is 11.3. The second-order valence-electron chi connectivity index (χ2n) is 5.47. The van der Waals surface area contributed by atoms with Crippen LogP contribution in [-0.4, -0.2) is 30.9 Å². The van der Waals surface area contributed by atoms with Crippen LogP contribution in [0.25, 0.3) is 11.1 Å². The van der Waals surface area contributed by atoms with Crippen molar-refractivity contribution < 1.29 is 19.4 Å². The molecule has 1 unspecified atom stereocenters. The lowest BCUT2D eigenvalue weighted by atomic mass is 10.1. The van der Waals surface area contributed by atoms with Gasteiger partial charge >= 0.3 is 5.97 Å². The Morgan fingerprint density at radius 3 is 2.82 bits per heavy atom. The van der Waals surface area contributed by atoms with Crippen LogP contribution in [0.1, 0.15) is 21.0 Å². The summed E-state index contributed by atoms with van der Waals surface area (Å²) in [7, 11) is 0. The average molecular weight is 318 g/mol. The van der Waals surface area contributed by atoms with Crippen molar-refractivity contribution in [1.29, 1.82) is 0 Å². The molecule has 1 N–H and O–H groups in total. The smallest absolute Gasteiger partial charge is 0.346 e. The van der Waals surface area contributed by atoms with Crippen LogP contribution in [0.2, 0.25) is 0 Å². The van der Waals surface area contributed by atoms with Crippen molar-refractivity contribution in [2.24, 2.45) is 5.92 Å². The Morgan fingerprint density at radius 2 is 2.18 bits per heavy atom. The van der Waals surface area contributed by atoms with Crippen LogP contribution < -0.4 is 4.74 Å². The maximum Gasteiger partial charge on any atom is 0.346 e. The van der Waals surface area contributed by atoms with Crippen molar-refractivity contribution in [3.8, 4) is 16.9 Å². The number of carboxylic acid groups (broad SMARTS) is 1. The van der Waals surface area contributed by atoms with Gasteiger partial charge in [-0.15, -0.1) is 11.3 Å². The lowest BCUT2D eigenvalue weighted by Gasteiger charge is -2.10. The van der Waals surface area contributed by atoms with Crippen molar-refractivity contribution in [3.05, 3.63) is 40.1 Å². The molecule has 1 aliphatic heterocycles. The van der Waals surface area contributed by atoms with Gasteiger partial charge < -0.3 is 14.6 Å². The van der Waals surface area contributed by atoms with Gasteiger partial charge in [-0.2, -0.15) is 0 Å². The predicted octanol–water partition coefficient (Wildman–Crippen LogP) is 3.84. The van der Waals surface area contributed by atoms with Crippen LogP contribution in [0.5, 0.6) is 5.75 Å². The van der Waals surface area contributed by atoms with Gasteiger partial charge in [0, 0.05) is 23.0 Å². The number of carboxylic acids is 1. The molecule has 1 saturated heterocycles. The van der Waals surface area contributed by atoms with Gasteiger partial charge in [0.25, 0.3) is 0 Å². The molecule has 3 rings (SSSR count). The predicted molar refractivity (Wildman–Crippen MR) is 85.9 cm³/mol. The highest BCUT2D eigenvalue weighted by atomic mass is 32.1. The molecule has 0 aliphatic carbocycles.